The van der Waals surface area contributed by atoms with Crippen molar-refractivity contribution in [1.82, 2.24) is 4.90 Å². The molecular weight excluding hydrogens is 268 g/mol. The van der Waals surface area contributed by atoms with E-state index in [-0.39, 0.29) is 0 Å². The minimum atomic E-state index is -0.852. The van der Waals surface area contributed by atoms with Crippen LogP contribution < -0.4 is 9.30 Å². The van der Waals surface area contributed by atoms with Crippen LogP contribution in [0.15, 0.2) is 54.9 Å². The molecule has 1 aromatic carbocycles. The number of hydrogen-bond acceptors (Lipinski definition) is 2. The van der Waals surface area contributed by atoms with Crippen LogP contribution >= 0.6 is 0 Å². The van der Waals surface area contributed by atoms with E-state index < -0.39 is 6.09 Å². The van der Waals surface area contributed by atoms with Gasteiger partial charge in [0.15, 0.2) is 12.4 Å². The average molecular weight is 285 g/mol. The van der Waals surface area contributed by atoms with Crippen LogP contribution in [0.5, 0.6) is 5.75 Å². The zero-order chi connectivity index (χ0) is 14.7. The van der Waals surface area contributed by atoms with Crippen molar-refractivity contribution in [2.75, 3.05) is 19.7 Å². The Morgan fingerprint density at radius 2 is 1.86 bits per heavy atom. The first-order chi connectivity index (χ1) is 10.2. The molecule has 0 bridgehead atoms. The lowest BCUT2D eigenvalue weighted by molar-refractivity contribution is -0.595. The van der Waals surface area contributed by atoms with Crippen LogP contribution in [0.3, 0.4) is 0 Å². The summed E-state index contributed by atoms with van der Waals surface area (Å²) in [4.78, 5) is 12.0. The monoisotopic (exact) mass is 285 g/mol. The number of aromatic nitrogens is 1. The summed E-state index contributed by atoms with van der Waals surface area (Å²) in [6.07, 6.45) is 3.05. The van der Waals surface area contributed by atoms with Gasteiger partial charge in [-0.2, -0.15) is 4.57 Å². The van der Waals surface area contributed by atoms with Crippen molar-refractivity contribution in [1.29, 1.82) is 0 Å². The molecule has 1 aliphatic heterocycles. The molecule has 21 heavy (non-hydrogen) atoms. The summed E-state index contributed by atoms with van der Waals surface area (Å²) in [6.45, 7) is 1.68. The molecular formula is C16H17N2O3+. The number of likely N-dealkylation sites (tertiary alicyclic amines) is 1. The smallest absolute Gasteiger partial charge is 0.407 e. The van der Waals surface area contributed by atoms with Gasteiger partial charge in [0, 0.05) is 43.3 Å². The van der Waals surface area contributed by atoms with Crippen molar-refractivity contribution in [2.45, 2.75) is 0 Å². The van der Waals surface area contributed by atoms with E-state index in [9.17, 15) is 4.79 Å². The van der Waals surface area contributed by atoms with Crippen LogP contribution in [0.4, 0.5) is 4.79 Å². The molecule has 1 N–H and O–H groups in total. The lowest BCUT2D eigenvalue weighted by atomic mass is 10.0. The van der Waals surface area contributed by atoms with Gasteiger partial charge in [0.2, 0.25) is 5.69 Å². The third-order valence-electron chi connectivity index (χ3n) is 3.57. The molecule has 1 aromatic heterocycles. The van der Waals surface area contributed by atoms with Gasteiger partial charge in [-0.1, -0.05) is 18.2 Å². The van der Waals surface area contributed by atoms with Crippen LogP contribution in [0.25, 0.3) is 5.69 Å². The molecule has 1 saturated heterocycles. The van der Waals surface area contributed by atoms with Crippen LogP contribution in [0, 0.1) is 5.92 Å². The van der Waals surface area contributed by atoms with Gasteiger partial charge in [0.05, 0.1) is 6.61 Å². The lowest BCUT2D eigenvalue weighted by Crippen LogP contribution is -2.51. The second-order valence-electron chi connectivity index (χ2n) is 5.14. The first kappa shape index (κ1) is 13.4. The number of hydrogen-bond donors (Lipinski definition) is 1. The maximum Gasteiger partial charge on any atom is 0.407 e. The van der Waals surface area contributed by atoms with Gasteiger partial charge >= 0.3 is 6.09 Å². The van der Waals surface area contributed by atoms with E-state index in [4.69, 9.17) is 9.84 Å². The van der Waals surface area contributed by atoms with Gasteiger partial charge in [-0.15, -0.1) is 0 Å². The maximum absolute atomic E-state index is 10.7. The molecule has 2 aromatic rings. The molecule has 1 fully saturated rings. The van der Waals surface area contributed by atoms with E-state index in [1.54, 1.807) is 0 Å². The minimum absolute atomic E-state index is 0.294. The lowest BCUT2D eigenvalue weighted by Gasteiger charge is -2.36. The number of pyridine rings is 1. The van der Waals surface area contributed by atoms with Crippen LogP contribution in [0.2, 0.25) is 0 Å². The fourth-order valence-electron chi connectivity index (χ4n) is 2.33. The van der Waals surface area contributed by atoms with Gasteiger partial charge in [0.25, 0.3) is 0 Å². The van der Waals surface area contributed by atoms with Crippen LogP contribution in [-0.4, -0.2) is 35.8 Å². The van der Waals surface area contributed by atoms with Crippen molar-refractivity contribution in [2.24, 2.45) is 5.92 Å². The van der Waals surface area contributed by atoms with Gasteiger partial charge in [-0.05, 0) is 0 Å². The summed E-state index contributed by atoms with van der Waals surface area (Å²) in [5, 5.41) is 8.76. The summed E-state index contributed by atoms with van der Waals surface area (Å²) >= 11 is 0. The highest BCUT2D eigenvalue weighted by molar-refractivity contribution is 5.66. The first-order valence-corrected chi connectivity index (χ1v) is 6.90. The molecule has 0 radical (unpaired) electrons. The minimum Gasteiger partial charge on any atom is -0.493 e. The molecule has 1 aliphatic rings. The van der Waals surface area contributed by atoms with Crippen LogP contribution in [-0.2, 0) is 0 Å². The number of rotatable bonds is 4. The molecule has 5 nitrogen and oxygen atoms in total. The van der Waals surface area contributed by atoms with Crippen molar-refractivity contribution in [3.05, 3.63) is 54.9 Å². The zero-order valence-electron chi connectivity index (χ0n) is 11.6. The number of benzene rings is 1. The molecule has 0 unspecified atom stereocenters. The second kappa shape index (κ2) is 5.83. The predicted molar refractivity (Wildman–Crippen MR) is 76.6 cm³/mol. The number of carbonyl (C=O) groups is 1. The Hall–Kier alpha value is -2.56. The average Bonchev–Trinajstić information content (AvgIpc) is 2.47. The topological polar surface area (TPSA) is 53.6 Å². The van der Waals surface area contributed by atoms with Crippen LogP contribution in [0.1, 0.15) is 0 Å². The molecule has 1 amide bonds. The molecule has 0 atom stereocenters. The Balaban J connectivity index is 1.53. The van der Waals surface area contributed by atoms with Gasteiger partial charge < -0.3 is 14.7 Å². The van der Waals surface area contributed by atoms with Gasteiger partial charge in [-0.3, -0.25) is 0 Å². The Labute approximate surface area is 123 Å². The van der Waals surface area contributed by atoms with Gasteiger partial charge in [0.1, 0.15) is 5.75 Å². The Kier molecular flexibility index (Phi) is 3.73. The first-order valence-electron chi connectivity index (χ1n) is 6.90. The third kappa shape index (κ3) is 3.13. The molecule has 0 saturated carbocycles. The van der Waals surface area contributed by atoms with E-state index in [1.807, 2.05) is 59.4 Å². The standard InChI is InChI=1S/C16H16N2O3/c19-16(20)18-10-13(11-18)12-21-15-6-8-17(9-7-15)14-4-2-1-3-5-14/h1-9,13H,10-12H2/p+1. The maximum atomic E-state index is 10.7. The quantitative estimate of drug-likeness (QED) is 0.874. The summed E-state index contributed by atoms with van der Waals surface area (Å²) in [6, 6.07) is 13.9. The molecule has 2 heterocycles. The fourth-order valence-corrected chi connectivity index (χ4v) is 2.33. The van der Waals surface area contributed by atoms with Crippen molar-refractivity contribution >= 4 is 6.09 Å². The Morgan fingerprint density at radius 1 is 1.19 bits per heavy atom. The number of amides is 1. The SMILES string of the molecule is O=C(O)N1CC(COc2cc[n+](-c3ccccc3)cc2)C1. The number of nitrogens with zero attached hydrogens (tertiary/aromatic N) is 2. The van der Waals surface area contributed by atoms with Crippen molar-refractivity contribution < 1.29 is 19.2 Å². The number of ether oxygens (including phenoxy) is 1. The number of carboxylic acid groups (broad SMARTS) is 1. The van der Waals surface area contributed by atoms with Crippen molar-refractivity contribution in [3.63, 3.8) is 0 Å². The van der Waals surface area contributed by atoms with E-state index >= 15 is 0 Å². The second-order valence-corrected chi connectivity index (χ2v) is 5.14. The fraction of sp³-hybridized carbons (Fsp3) is 0.250. The molecule has 5 heteroatoms. The summed E-state index contributed by atoms with van der Waals surface area (Å²) in [7, 11) is 0. The highest BCUT2D eigenvalue weighted by Gasteiger charge is 2.30. The summed E-state index contributed by atoms with van der Waals surface area (Å²) in [5.41, 5.74) is 1.10. The summed E-state index contributed by atoms with van der Waals surface area (Å²) in [5.74, 6) is 1.10. The Morgan fingerprint density at radius 3 is 2.48 bits per heavy atom. The highest BCUT2D eigenvalue weighted by Crippen LogP contribution is 2.17. The number of para-hydroxylation sites is 1. The van der Waals surface area contributed by atoms with Crippen molar-refractivity contribution in [3.8, 4) is 11.4 Å². The molecule has 3 rings (SSSR count). The highest BCUT2D eigenvalue weighted by atomic mass is 16.5. The van der Waals surface area contributed by atoms with E-state index in [1.165, 1.54) is 4.90 Å². The van der Waals surface area contributed by atoms with E-state index in [2.05, 4.69) is 0 Å². The third-order valence-corrected chi connectivity index (χ3v) is 3.57. The largest absolute Gasteiger partial charge is 0.493 e. The van der Waals surface area contributed by atoms with E-state index in [0.29, 0.717) is 25.6 Å². The predicted octanol–water partition coefficient (Wildman–Crippen LogP) is 1.95. The molecule has 108 valence electrons. The van der Waals surface area contributed by atoms with Gasteiger partial charge in [-0.25, -0.2) is 4.79 Å². The summed E-state index contributed by atoms with van der Waals surface area (Å²) < 4.78 is 7.71. The molecule has 0 aliphatic carbocycles. The van der Waals surface area contributed by atoms with E-state index in [0.717, 1.165) is 11.4 Å². The molecule has 0 spiro atoms. The normalized spacial score (nSPS) is 14.6. The zero-order valence-corrected chi connectivity index (χ0v) is 11.6. The Bertz CT molecular complexity index is 607.